The largest absolute Gasteiger partial charge is 0.393 e. The van der Waals surface area contributed by atoms with E-state index in [9.17, 15) is 9.90 Å². The Morgan fingerprint density at radius 1 is 1.21 bits per heavy atom. The predicted molar refractivity (Wildman–Crippen MR) is 74.6 cm³/mol. The highest BCUT2D eigenvalue weighted by Crippen LogP contribution is 2.23. The molecule has 1 saturated carbocycles. The zero-order valence-corrected chi connectivity index (χ0v) is 11.1. The summed E-state index contributed by atoms with van der Waals surface area (Å²) in [5, 5.41) is 12.4. The maximum Gasteiger partial charge on any atom is 0.251 e. The fourth-order valence-corrected chi connectivity index (χ4v) is 2.48. The molecular formula is C15H22N2O2. The van der Waals surface area contributed by atoms with Crippen LogP contribution in [-0.4, -0.2) is 23.7 Å². The monoisotopic (exact) mass is 262 g/mol. The summed E-state index contributed by atoms with van der Waals surface area (Å²) in [5.74, 6) is 0.463. The molecule has 4 nitrogen and oxygen atoms in total. The number of amides is 1. The van der Waals surface area contributed by atoms with Crippen LogP contribution in [0.2, 0.25) is 0 Å². The summed E-state index contributed by atoms with van der Waals surface area (Å²) < 4.78 is 0. The number of rotatable bonds is 4. The van der Waals surface area contributed by atoms with Gasteiger partial charge in [-0.2, -0.15) is 0 Å². The van der Waals surface area contributed by atoms with Crippen LogP contribution in [0.1, 0.15) is 41.6 Å². The van der Waals surface area contributed by atoms with E-state index < -0.39 is 0 Å². The summed E-state index contributed by atoms with van der Waals surface area (Å²) in [4.78, 5) is 12.0. The first kappa shape index (κ1) is 14.0. The Morgan fingerprint density at radius 3 is 2.42 bits per heavy atom. The Hall–Kier alpha value is -1.39. The maximum absolute atomic E-state index is 12.0. The van der Waals surface area contributed by atoms with Gasteiger partial charge in [0.1, 0.15) is 0 Å². The molecular weight excluding hydrogens is 240 g/mol. The molecule has 1 aliphatic rings. The van der Waals surface area contributed by atoms with Crippen LogP contribution in [0.25, 0.3) is 0 Å². The van der Waals surface area contributed by atoms with Gasteiger partial charge in [-0.3, -0.25) is 4.79 Å². The van der Waals surface area contributed by atoms with Crippen molar-refractivity contribution >= 4 is 5.91 Å². The molecule has 1 amide bonds. The summed E-state index contributed by atoms with van der Waals surface area (Å²) in [6, 6.07) is 7.38. The smallest absolute Gasteiger partial charge is 0.251 e. The number of hydrogen-bond donors (Lipinski definition) is 3. The van der Waals surface area contributed by atoms with Crippen molar-refractivity contribution in [1.29, 1.82) is 0 Å². The highest BCUT2D eigenvalue weighted by Gasteiger charge is 2.19. The van der Waals surface area contributed by atoms with Gasteiger partial charge < -0.3 is 16.2 Å². The van der Waals surface area contributed by atoms with Gasteiger partial charge in [-0.1, -0.05) is 12.1 Å². The van der Waals surface area contributed by atoms with Gasteiger partial charge in [0.25, 0.3) is 5.91 Å². The zero-order valence-electron chi connectivity index (χ0n) is 11.1. The molecule has 1 fully saturated rings. The van der Waals surface area contributed by atoms with Crippen LogP contribution >= 0.6 is 0 Å². The Kier molecular flexibility index (Phi) is 4.93. The number of benzene rings is 1. The van der Waals surface area contributed by atoms with E-state index in [1.165, 1.54) is 0 Å². The van der Waals surface area contributed by atoms with Crippen molar-refractivity contribution in [2.24, 2.45) is 11.7 Å². The third kappa shape index (κ3) is 4.04. The maximum atomic E-state index is 12.0. The number of carbonyl (C=O) groups excluding carboxylic acids is 1. The van der Waals surface area contributed by atoms with E-state index in [1.807, 2.05) is 24.3 Å². The van der Waals surface area contributed by atoms with E-state index in [2.05, 4.69) is 5.32 Å². The standard InChI is InChI=1S/C15H22N2O2/c16-9-11-1-5-13(6-2-11)15(19)17-10-12-3-7-14(18)8-4-12/h1-2,5-6,12,14,18H,3-4,7-10,16H2,(H,17,19). The summed E-state index contributed by atoms with van der Waals surface area (Å²) in [6.07, 6.45) is 3.55. The minimum atomic E-state index is -0.143. The van der Waals surface area contributed by atoms with Gasteiger partial charge >= 0.3 is 0 Å². The third-order valence-corrected chi connectivity index (χ3v) is 3.82. The Balaban J connectivity index is 1.80. The highest BCUT2D eigenvalue weighted by molar-refractivity contribution is 5.94. The highest BCUT2D eigenvalue weighted by atomic mass is 16.3. The van der Waals surface area contributed by atoms with Gasteiger partial charge in [0, 0.05) is 18.7 Å². The van der Waals surface area contributed by atoms with Crippen molar-refractivity contribution < 1.29 is 9.90 Å². The van der Waals surface area contributed by atoms with Crippen LogP contribution in [0.5, 0.6) is 0 Å². The van der Waals surface area contributed by atoms with E-state index in [0.29, 0.717) is 24.6 Å². The molecule has 0 spiro atoms. The number of nitrogens with two attached hydrogens (primary N) is 1. The molecule has 1 aromatic rings. The molecule has 0 heterocycles. The molecule has 0 aromatic heterocycles. The van der Waals surface area contributed by atoms with Gasteiger partial charge in [0.05, 0.1) is 6.10 Å². The van der Waals surface area contributed by atoms with Crippen LogP contribution in [0.15, 0.2) is 24.3 Å². The third-order valence-electron chi connectivity index (χ3n) is 3.82. The Bertz CT molecular complexity index is 409. The number of aliphatic hydroxyl groups is 1. The van der Waals surface area contributed by atoms with E-state index in [0.717, 1.165) is 31.2 Å². The van der Waals surface area contributed by atoms with Crippen molar-refractivity contribution in [3.05, 3.63) is 35.4 Å². The Morgan fingerprint density at radius 2 is 1.84 bits per heavy atom. The fourth-order valence-electron chi connectivity index (χ4n) is 2.48. The second kappa shape index (κ2) is 6.68. The molecule has 0 radical (unpaired) electrons. The number of aliphatic hydroxyl groups excluding tert-OH is 1. The minimum Gasteiger partial charge on any atom is -0.393 e. The van der Waals surface area contributed by atoms with Gasteiger partial charge in [-0.15, -0.1) is 0 Å². The summed E-state index contributed by atoms with van der Waals surface area (Å²) in [5.41, 5.74) is 7.22. The lowest BCUT2D eigenvalue weighted by Gasteiger charge is -2.25. The van der Waals surface area contributed by atoms with Gasteiger partial charge in [0.2, 0.25) is 0 Å². The number of hydrogen-bond acceptors (Lipinski definition) is 3. The molecule has 4 heteroatoms. The molecule has 0 unspecified atom stereocenters. The molecule has 0 saturated heterocycles. The SMILES string of the molecule is NCc1ccc(C(=O)NCC2CCC(O)CC2)cc1. The van der Waals surface area contributed by atoms with E-state index >= 15 is 0 Å². The van der Waals surface area contributed by atoms with Crippen molar-refractivity contribution in [3.8, 4) is 0 Å². The van der Waals surface area contributed by atoms with Gasteiger partial charge in [-0.25, -0.2) is 0 Å². The van der Waals surface area contributed by atoms with Crippen molar-refractivity contribution in [2.45, 2.75) is 38.3 Å². The molecule has 0 bridgehead atoms. The molecule has 0 aliphatic heterocycles. The first-order valence-corrected chi connectivity index (χ1v) is 6.94. The second-order valence-electron chi connectivity index (χ2n) is 5.29. The van der Waals surface area contributed by atoms with Crippen LogP contribution in [0.4, 0.5) is 0 Å². The Labute approximate surface area is 114 Å². The molecule has 104 valence electrons. The van der Waals surface area contributed by atoms with Crippen molar-refractivity contribution in [3.63, 3.8) is 0 Å². The summed E-state index contributed by atoms with van der Waals surface area (Å²) in [7, 11) is 0. The average molecular weight is 262 g/mol. The van der Waals surface area contributed by atoms with Crippen LogP contribution in [0.3, 0.4) is 0 Å². The van der Waals surface area contributed by atoms with E-state index in [-0.39, 0.29) is 12.0 Å². The molecule has 2 rings (SSSR count). The van der Waals surface area contributed by atoms with Gasteiger partial charge in [0.15, 0.2) is 0 Å². The van der Waals surface area contributed by atoms with Crippen molar-refractivity contribution in [1.82, 2.24) is 5.32 Å². The van der Waals surface area contributed by atoms with Crippen LogP contribution in [0, 0.1) is 5.92 Å². The summed E-state index contributed by atoms with van der Waals surface area (Å²) in [6.45, 7) is 1.19. The first-order chi connectivity index (χ1) is 9.19. The zero-order chi connectivity index (χ0) is 13.7. The van der Waals surface area contributed by atoms with Crippen molar-refractivity contribution in [2.75, 3.05) is 6.54 Å². The molecule has 1 aromatic carbocycles. The minimum absolute atomic E-state index is 0.0327. The normalized spacial score (nSPS) is 23.1. The average Bonchev–Trinajstić information content (AvgIpc) is 2.46. The first-order valence-electron chi connectivity index (χ1n) is 6.94. The van der Waals surface area contributed by atoms with E-state index in [1.54, 1.807) is 0 Å². The molecule has 4 N–H and O–H groups in total. The van der Waals surface area contributed by atoms with Gasteiger partial charge in [-0.05, 0) is 49.3 Å². The quantitative estimate of drug-likeness (QED) is 0.768. The molecule has 19 heavy (non-hydrogen) atoms. The fraction of sp³-hybridized carbons (Fsp3) is 0.533. The van der Waals surface area contributed by atoms with E-state index in [4.69, 9.17) is 5.73 Å². The predicted octanol–water partition coefficient (Wildman–Crippen LogP) is 1.43. The number of carbonyl (C=O) groups is 1. The lowest BCUT2D eigenvalue weighted by molar-refractivity contribution is 0.0910. The second-order valence-corrected chi connectivity index (χ2v) is 5.29. The molecule has 0 atom stereocenters. The number of nitrogens with one attached hydrogen (secondary N) is 1. The topological polar surface area (TPSA) is 75.4 Å². The van der Waals surface area contributed by atoms with Crippen LogP contribution in [-0.2, 0) is 6.54 Å². The summed E-state index contributed by atoms with van der Waals surface area (Å²) >= 11 is 0. The van der Waals surface area contributed by atoms with Crippen LogP contribution < -0.4 is 11.1 Å². The molecule has 1 aliphatic carbocycles. The lowest BCUT2D eigenvalue weighted by atomic mass is 9.87. The lowest BCUT2D eigenvalue weighted by Crippen LogP contribution is -2.32.